The molecule has 2 unspecified atom stereocenters. The lowest BCUT2D eigenvalue weighted by Crippen LogP contribution is -2.25. The van der Waals surface area contributed by atoms with Crippen LogP contribution in [0.25, 0.3) is 0 Å². The fraction of sp³-hybridized carbons (Fsp3) is 0.312. The summed E-state index contributed by atoms with van der Waals surface area (Å²) in [6.07, 6.45) is 0. The van der Waals surface area contributed by atoms with Gasteiger partial charge in [0, 0.05) is 11.1 Å². The molecule has 0 aliphatic carbocycles. The fourth-order valence-electron chi connectivity index (χ4n) is 2.20. The zero-order chi connectivity index (χ0) is 15.6. The summed E-state index contributed by atoms with van der Waals surface area (Å²) in [6.45, 7) is 4.07. The molecule has 5 heteroatoms. The lowest BCUT2D eigenvalue weighted by molar-refractivity contribution is 0.0655. The van der Waals surface area contributed by atoms with Gasteiger partial charge in [-0.1, -0.05) is 23.7 Å². The molecule has 1 aromatic heterocycles. The van der Waals surface area contributed by atoms with Crippen LogP contribution in [0.4, 0.5) is 0 Å². The van der Waals surface area contributed by atoms with E-state index in [0.29, 0.717) is 10.8 Å². The molecule has 0 spiro atoms. The van der Waals surface area contributed by atoms with Crippen molar-refractivity contribution in [1.29, 1.82) is 0 Å². The minimum absolute atomic E-state index is 0.0376. The first-order chi connectivity index (χ1) is 9.90. The molecule has 0 aliphatic rings. The zero-order valence-electron chi connectivity index (χ0n) is 12.2. The third-order valence-corrected chi connectivity index (χ3v) is 4.08. The van der Waals surface area contributed by atoms with E-state index in [1.165, 1.54) is 6.07 Å². The minimum Gasteiger partial charge on any atom is -0.475 e. The molecular formula is C16H18ClNO3. The van der Waals surface area contributed by atoms with Crippen molar-refractivity contribution in [3.63, 3.8) is 0 Å². The number of furan rings is 1. The molecule has 2 aromatic rings. The quantitative estimate of drug-likeness (QED) is 0.890. The van der Waals surface area contributed by atoms with E-state index in [-0.39, 0.29) is 17.8 Å². The number of carboxylic acid groups (broad SMARTS) is 1. The first-order valence-electron chi connectivity index (χ1n) is 6.70. The summed E-state index contributed by atoms with van der Waals surface area (Å²) in [6, 6.07) is 11.0. The predicted molar refractivity (Wildman–Crippen MR) is 81.7 cm³/mol. The summed E-state index contributed by atoms with van der Waals surface area (Å²) < 4.78 is 5.37. The van der Waals surface area contributed by atoms with E-state index in [9.17, 15) is 4.79 Å². The molecule has 0 bridgehead atoms. The van der Waals surface area contributed by atoms with Gasteiger partial charge in [0.05, 0.1) is 6.04 Å². The normalized spacial score (nSPS) is 14.1. The maximum Gasteiger partial charge on any atom is 0.371 e. The number of aromatic carboxylic acids is 1. The number of carbonyl (C=O) groups is 1. The van der Waals surface area contributed by atoms with Crippen molar-refractivity contribution < 1.29 is 14.3 Å². The number of halogens is 1. The Morgan fingerprint density at radius 2 is 1.76 bits per heavy atom. The second kappa shape index (κ2) is 6.33. The van der Waals surface area contributed by atoms with Crippen LogP contribution in [0.5, 0.6) is 0 Å². The van der Waals surface area contributed by atoms with Crippen molar-refractivity contribution in [2.24, 2.45) is 0 Å². The standard InChI is InChI=1S/C16H18ClNO3/c1-10(12-4-6-13(17)7-5-12)18(3)11(2)14-8-9-15(21-14)16(19)20/h4-11H,1-3H3,(H,19,20). The molecule has 0 radical (unpaired) electrons. The average Bonchev–Trinajstić information content (AvgIpc) is 2.96. The lowest BCUT2D eigenvalue weighted by Gasteiger charge is -2.30. The van der Waals surface area contributed by atoms with E-state index >= 15 is 0 Å². The van der Waals surface area contributed by atoms with Crippen LogP contribution in [-0.4, -0.2) is 23.0 Å². The Morgan fingerprint density at radius 3 is 2.29 bits per heavy atom. The lowest BCUT2D eigenvalue weighted by atomic mass is 10.1. The van der Waals surface area contributed by atoms with Gasteiger partial charge in [0.2, 0.25) is 5.76 Å². The third-order valence-electron chi connectivity index (χ3n) is 3.82. The molecule has 21 heavy (non-hydrogen) atoms. The van der Waals surface area contributed by atoms with E-state index in [2.05, 4.69) is 11.8 Å². The SMILES string of the molecule is CC(c1ccc(Cl)cc1)N(C)C(C)c1ccc(C(=O)O)o1. The van der Waals surface area contributed by atoms with E-state index in [4.69, 9.17) is 21.1 Å². The van der Waals surface area contributed by atoms with Crippen molar-refractivity contribution in [1.82, 2.24) is 4.90 Å². The summed E-state index contributed by atoms with van der Waals surface area (Å²) in [4.78, 5) is 13.0. The molecule has 0 fully saturated rings. The van der Waals surface area contributed by atoms with Crippen LogP contribution >= 0.6 is 11.6 Å². The van der Waals surface area contributed by atoms with Gasteiger partial charge in [-0.2, -0.15) is 0 Å². The smallest absolute Gasteiger partial charge is 0.371 e. The van der Waals surface area contributed by atoms with Gasteiger partial charge in [-0.15, -0.1) is 0 Å². The predicted octanol–water partition coefficient (Wildman–Crippen LogP) is 4.39. The van der Waals surface area contributed by atoms with Gasteiger partial charge in [0.25, 0.3) is 0 Å². The van der Waals surface area contributed by atoms with Crippen molar-refractivity contribution in [2.45, 2.75) is 25.9 Å². The Labute approximate surface area is 128 Å². The molecule has 0 saturated heterocycles. The first kappa shape index (κ1) is 15.6. The van der Waals surface area contributed by atoms with Crippen LogP contribution in [0, 0.1) is 0 Å². The molecule has 0 amide bonds. The molecule has 2 rings (SSSR count). The van der Waals surface area contributed by atoms with E-state index < -0.39 is 5.97 Å². The number of rotatable bonds is 5. The topological polar surface area (TPSA) is 53.7 Å². The number of carboxylic acids is 1. The summed E-state index contributed by atoms with van der Waals surface area (Å²) in [5.41, 5.74) is 1.14. The van der Waals surface area contributed by atoms with Crippen LogP contribution in [0.3, 0.4) is 0 Å². The van der Waals surface area contributed by atoms with Crippen molar-refractivity contribution in [3.8, 4) is 0 Å². The molecule has 1 N–H and O–H groups in total. The van der Waals surface area contributed by atoms with Crippen molar-refractivity contribution in [2.75, 3.05) is 7.05 Å². The van der Waals surface area contributed by atoms with E-state index in [1.807, 2.05) is 38.2 Å². The number of hydrogen-bond acceptors (Lipinski definition) is 3. The highest BCUT2D eigenvalue weighted by Gasteiger charge is 2.22. The molecule has 1 aromatic carbocycles. The first-order valence-corrected chi connectivity index (χ1v) is 7.08. The maximum atomic E-state index is 10.9. The fourth-order valence-corrected chi connectivity index (χ4v) is 2.33. The summed E-state index contributed by atoms with van der Waals surface area (Å²) >= 11 is 5.90. The van der Waals surface area contributed by atoms with Crippen LogP contribution in [0.2, 0.25) is 5.02 Å². The van der Waals surface area contributed by atoms with Gasteiger partial charge < -0.3 is 9.52 Å². The molecule has 0 saturated carbocycles. The van der Waals surface area contributed by atoms with Gasteiger partial charge in [-0.25, -0.2) is 4.79 Å². The average molecular weight is 308 g/mol. The van der Waals surface area contributed by atoms with Gasteiger partial charge in [0.15, 0.2) is 0 Å². The van der Waals surface area contributed by atoms with Crippen LogP contribution in [-0.2, 0) is 0 Å². The second-order valence-corrected chi connectivity index (χ2v) is 5.51. The Morgan fingerprint density at radius 1 is 1.14 bits per heavy atom. The van der Waals surface area contributed by atoms with Crippen LogP contribution in [0.15, 0.2) is 40.8 Å². The molecule has 4 nitrogen and oxygen atoms in total. The van der Waals surface area contributed by atoms with Gasteiger partial charge in [-0.3, -0.25) is 4.90 Å². The van der Waals surface area contributed by atoms with Crippen LogP contribution < -0.4 is 0 Å². The number of benzene rings is 1. The van der Waals surface area contributed by atoms with Crippen molar-refractivity contribution in [3.05, 3.63) is 58.5 Å². The summed E-state index contributed by atoms with van der Waals surface area (Å²) in [5.74, 6) is -0.457. The monoisotopic (exact) mass is 307 g/mol. The molecular weight excluding hydrogens is 290 g/mol. The number of nitrogens with zero attached hydrogens (tertiary/aromatic N) is 1. The third kappa shape index (κ3) is 3.46. The minimum atomic E-state index is -1.05. The second-order valence-electron chi connectivity index (χ2n) is 5.08. The zero-order valence-corrected chi connectivity index (χ0v) is 13.0. The Kier molecular flexibility index (Phi) is 4.70. The van der Waals surface area contributed by atoms with Crippen molar-refractivity contribution >= 4 is 17.6 Å². The molecule has 112 valence electrons. The molecule has 1 heterocycles. The van der Waals surface area contributed by atoms with E-state index in [1.54, 1.807) is 6.07 Å². The maximum absolute atomic E-state index is 10.9. The molecule has 0 aliphatic heterocycles. The van der Waals surface area contributed by atoms with Gasteiger partial charge in [-0.05, 0) is 50.7 Å². The Bertz CT molecular complexity index is 621. The van der Waals surface area contributed by atoms with Crippen LogP contribution in [0.1, 0.15) is 47.8 Å². The summed E-state index contributed by atoms with van der Waals surface area (Å²) in [5, 5.41) is 9.62. The number of hydrogen-bond donors (Lipinski definition) is 1. The van der Waals surface area contributed by atoms with E-state index in [0.717, 1.165) is 5.56 Å². The van der Waals surface area contributed by atoms with Gasteiger partial charge >= 0.3 is 5.97 Å². The highest BCUT2D eigenvalue weighted by atomic mass is 35.5. The van der Waals surface area contributed by atoms with Gasteiger partial charge in [0.1, 0.15) is 5.76 Å². The molecule has 2 atom stereocenters. The Balaban J connectivity index is 2.15. The largest absolute Gasteiger partial charge is 0.475 e. The highest BCUT2D eigenvalue weighted by Crippen LogP contribution is 2.30. The Hall–Kier alpha value is -1.78. The summed E-state index contributed by atoms with van der Waals surface area (Å²) in [7, 11) is 1.98. The highest BCUT2D eigenvalue weighted by molar-refractivity contribution is 6.30.